The van der Waals surface area contributed by atoms with Crippen LogP contribution < -0.4 is 0 Å². The topological polar surface area (TPSA) is 119 Å². The lowest BCUT2D eigenvalue weighted by molar-refractivity contribution is 0.0693. The molecule has 21 heavy (non-hydrogen) atoms. The summed E-state index contributed by atoms with van der Waals surface area (Å²) in [6, 6.07) is 4.92. The van der Waals surface area contributed by atoms with Gasteiger partial charge in [-0.05, 0) is 31.0 Å². The summed E-state index contributed by atoms with van der Waals surface area (Å²) in [6.07, 6.45) is 1.53. The summed E-state index contributed by atoms with van der Waals surface area (Å²) >= 11 is 0. The molecule has 0 atom stereocenters. The molecule has 0 aromatic heterocycles. The molecule has 1 aromatic rings. The highest BCUT2D eigenvalue weighted by atomic mass is 32.2. The summed E-state index contributed by atoms with van der Waals surface area (Å²) in [4.78, 5) is 10.8. The van der Waals surface area contributed by atoms with Crippen LogP contribution in [0.4, 0.5) is 0 Å². The minimum atomic E-state index is -3.88. The fraction of sp³-hybridized carbons (Fsp3) is 0.385. The molecule has 0 radical (unpaired) electrons. The van der Waals surface area contributed by atoms with Gasteiger partial charge in [-0.2, -0.15) is 9.57 Å². The van der Waals surface area contributed by atoms with Gasteiger partial charge in [0.25, 0.3) is 0 Å². The van der Waals surface area contributed by atoms with Crippen LogP contribution in [-0.4, -0.2) is 41.5 Å². The molecule has 0 heterocycles. The maximum Gasteiger partial charge on any atom is 0.339 e. The zero-order chi connectivity index (χ0) is 15.6. The molecular formula is C13H14N2O5S. The van der Waals surface area contributed by atoms with E-state index in [1.165, 1.54) is 10.4 Å². The van der Waals surface area contributed by atoms with Crippen molar-refractivity contribution in [2.75, 3.05) is 6.54 Å². The summed E-state index contributed by atoms with van der Waals surface area (Å²) in [7, 11) is -3.88. The molecule has 1 saturated carbocycles. The van der Waals surface area contributed by atoms with Gasteiger partial charge < -0.3 is 10.2 Å². The largest absolute Gasteiger partial charge is 0.507 e. The van der Waals surface area contributed by atoms with Crippen molar-refractivity contribution in [3.8, 4) is 11.8 Å². The lowest BCUT2D eigenvalue weighted by atomic mass is 10.2. The lowest BCUT2D eigenvalue weighted by Crippen LogP contribution is -2.34. The average molecular weight is 310 g/mol. The van der Waals surface area contributed by atoms with Gasteiger partial charge in [0.1, 0.15) is 11.3 Å². The third-order valence-electron chi connectivity index (χ3n) is 3.20. The molecule has 7 nitrogen and oxygen atoms in total. The Kier molecular flexibility index (Phi) is 4.16. The number of sulfonamides is 1. The normalized spacial score (nSPS) is 14.9. The monoisotopic (exact) mass is 310 g/mol. The van der Waals surface area contributed by atoms with Crippen molar-refractivity contribution in [3.63, 3.8) is 0 Å². The van der Waals surface area contributed by atoms with Gasteiger partial charge in [-0.25, -0.2) is 13.2 Å². The quantitative estimate of drug-likeness (QED) is 0.813. The van der Waals surface area contributed by atoms with E-state index in [9.17, 15) is 18.3 Å². The number of carboxylic acids is 1. The van der Waals surface area contributed by atoms with Crippen LogP contribution in [0.2, 0.25) is 0 Å². The van der Waals surface area contributed by atoms with Crippen molar-refractivity contribution in [3.05, 3.63) is 23.8 Å². The summed E-state index contributed by atoms with van der Waals surface area (Å²) in [5.74, 6) is -1.89. The third kappa shape index (κ3) is 3.15. The zero-order valence-corrected chi connectivity index (χ0v) is 11.9. The van der Waals surface area contributed by atoms with Gasteiger partial charge >= 0.3 is 5.97 Å². The fourth-order valence-corrected chi connectivity index (χ4v) is 3.72. The lowest BCUT2D eigenvalue weighted by Gasteiger charge is -2.21. The number of benzene rings is 1. The SMILES string of the molecule is N#CCCN(C1CC1)S(=O)(=O)c1ccc(O)c(C(=O)O)c1. The van der Waals surface area contributed by atoms with E-state index in [2.05, 4.69) is 0 Å². The molecule has 1 aliphatic rings. The Morgan fingerprint density at radius 1 is 1.43 bits per heavy atom. The number of aromatic carboxylic acids is 1. The van der Waals surface area contributed by atoms with Gasteiger partial charge in [0.2, 0.25) is 10.0 Å². The number of carbonyl (C=O) groups is 1. The van der Waals surface area contributed by atoms with Crippen LogP contribution in [0.5, 0.6) is 5.75 Å². The molecule has 8 heteroatoms. The maximum atomic E-state index is 12.5. The summed E-state index contributed by atoms with van der Waals surface area (Å²) in [5.41, 5.74) is -0.466. The van der Waals surface area contributed by atoms with E-state index in [-0.39, 0.29) is 23.9 Å². The second kappa shape index (κ2) is 5.71. The average Bonchev–Trinajstić information content (AvgIpc) is 3.23. The summed E-state index contributed by atoms with van der Waals surface area (Å²) in [6.45, 7) is 0.0762. The van der Waals surface area contributed by atoms with Crippen LogP contribution in [0.15, 0.2) is 23.1 Å². The predicted molar refractivity (Wildman–Crippen MR) is 72.2 cm³/mol. The van der Waals surface area contributed by atoms with E-state index < -0.39 is 27.3 Å². The summed E-state index contributed by atoms with van der Waals surface area (Å²) in [5, 5.41) is 27.0. The Bertz CT molecular complexity index is 704. The van der Waals surface area contributed by atoms with Crippen molar-refractivity contribution < 1.29 is 23.4 Å². The molecule has 1 aliphatic carbocycles. The van der Waals surface area contributed by atoms with Gasteiger partial charge in [0.15, 0.2) is 0 Å². The predicted octanol–water partition coefficient (Wildman–Crippen LogP) is 1.16. The molecular weight excluding hydrogens is 296 g/mol. The number of aromatic hydroxyl groups is 1. The molecule has 0 amide bonds. The second-order valence-electron chi connectivity index (χ2n) is 4.74. The standard InChI is InChI=1S/C13H14N2O5S/c14-6-1-7-15(9-2-3-9)21(19,20)10-4-5-12(16)11(8-10)13(17)18/h4-5,8-9,16H,1-3,7H2,(H,17,18). The first-order valence-corrected chi connectivity index (χ1v) is 7.77. The summed E-state index contributed by atoms with van der Waals surface area (Å²) < 4.78 is 26.3. The smallest absolute Gasteiger partial charge is 0.339 e. The van der Waals surface area contributed by atoms with E-state index in [1.54, 1.807) is 0 Å². The van der Waals surface area contributed by atoms with Crippen molar-refractivity contribution in [2.45, 2.75) is 30.2 Å². The minimum Gasteiger partial charge on any atom is -0.507 e. The number of phenols is 1. The van der Waals surface area contributed by atoms with Crippen LogP contribution in [0.25, 0.3) is 0 Å². The Morgan fingerprint density at radius 3 is 2.62 bits per heavy atom. The van der Waals surface area contributed by atoms with Gasteiger partial charge in [-0.15, -0.1) is 0 Å². The molecule has 2 N–H and O–H groups in total. The van der Waals surface area contributed by atoms with Gasteiger partial charge in [-0.1, -0.05) is 0 Å². The highest BCUT2D eigenvalue weighted by molar-refractivity contribution is 7.89. The van der Waals surface area contributed by atoms with E-state index in [0.717, 1.165) is 25.0 Å². The number of hydrogen-bond acceptors (Lipinski definition) is 5. The van der Waals surface area contributed by atoms with Crippen LogP contribution in [0.3, 0.4) is 0 Å². The number of carboxylic acid groups (broad SMARTS) is 1. The molecule has 0 bridgehead atoms. The highest BCUT2D eigenvalue weighted by Gasteiger charge is 2.38. The first-order valence-electron chi connectivity index (χ1n) is 6.33. The molecule has 0 aliphatic heterocycles. The molecule has 0 saturated heterocycles. The first-order chi connectivity index (χ1) is 9.87. The number of nitrogens with zero attached hydrogens (tertiary/aromatic N) is 2. The van der Waals surface area contributed by atoms with E-state index >= 15 is 0 Å². The van der Waals surface area contributed by atoms with Crippen LogP contribution >= 0.6 is 0 Å². The molecule has 112 valence electrons. The molecule has 0 spiro atoms. The van der Waals surface area contributed by atoms with E-state index in [4.69, 9.17) is 10.4 Å². The Morgan fingerprint density at radius 2 is 2.10 bits per heavy atom. The molecule has 0 unspecified atom stereocenters. The number of nitriles is 1. The van der Waals surface area contributed by atoms with Crippen LogP contribution in [-0.2, 0) is 10.0 Å². The van der Waals surface area contributed by atoms with Crippen molar-refractivity contribution in [2.24, 2.45) is 0 Å². The van der Waals surface area contributed by atoms with Crippen LogP contribution in [0, 0.1) is 11.3 Å². The second-order valence-corrected chi connectivity index (χ2v) is 6.63. The van der Waals surface area contributed by atoms with Gasteiger partial charge in [-0.3, -0.25) is 0 Å². The number of hydrogen-bond donors (Lipinski definition) is 2. The highest BCUT2D eigenvalue weighted by Crippen LogP contribution is 2.33. The fourth-order valence-electron chi connectivity index (χ4n) is 2.00. The van der Waals surface area contributed by atoms with Crippen molar-refractivity contribution in [1.82, 2.24) is 4.31 Å². The zero-order valence-electron chi connectivity index (χ0n) is 11.1. The Labute approximate surface area is 122 Å². The minimum absolute atomic E-state index is 0.0690. The maximum absolute atomic E-state index is 12.5. The van der Waals surface area contributed by atoms with Crippen molar-refractivity contribution in [1.29, 1.82) is 5.26 Å². The third-order valence-corrected chi connectivity index (χ3v) is 5.15. The molecule has 2 rings (SSSR count). The van der Waals surface area contributed by atoms with Crippen LogP contribution in [0.1, 0.15) is 29.6 Å². The van der Waals surface area contributed by atoms with E-state index in [1.807, 2.05) is 6.07 Å². The van der Waals surface area contributed by atoms with E-state index in [0.29, 0.717) is 0 Å². The van der Waals surface area contributed by atoms with Gasteiger partial charge in [0, 0.05) is 19.0 Å². The molecule has 1 fully saturated rings. The van der Waals surface area contributed by atoms with Crippen molar-refractivity contribution >= 4 is 16.0 Å². The Hall–Kier alpha value is -2.11. The first kappa shape index (κ1) is 15.3. The number of rotatable bonds is 6. The van der Waals surface area contributed by atoms with Gasteiger partial charge in [0.05, 0.1) is 11.0 Å². The molecule has 1 aromatic carbocycles. The Balaban J connectivity index is 2.40.